The van der Waals surface area contributed by atoms with Crippen molar-refractivity contribution in [3.05, 3.63) is 48.3 Å². The Hall–Kier alpha value is -2.63. The van der Waals surface area contributed by atoms with Crippen molar-refractivity contribution in [2.24, 2.45) is 0 Å². The van der Waals surface area contributed by atoms with E-state index in [0.29, 0.717) is 18.2 Å². The summed E-state index contributed by atoms with van der Waals surface area (Å²) in [5.41, 5.74) is 1.06. The number of hydrogen-bond acceptors (Lipinski definition) is 5. The molecule has 1 aromatic heterocycles. The molecule has 0 saturated carbocycles. The molecule has 0 aliphatic rings. The van der Waals surface area contributed by atoms with E-state index in [4.69, 9.17) is 4.74 Å². The molecule has 2 aromatic rings. The van der Waals surface area contributed by atoms with Crippen LogP contribution in [0.15, 0.2) is 42.7 Å². The van der Waals surface area contributed by atoms with E-state index in [2.05, 4.69) is 20.6 Å². The standard InChI is InChI=1S/C14H16N4O2/c1-20-14-7-12(17-10-18-14)15-9-13(19)16-8-11-5-3-2-4-6-11/h2-7,10H,8-9H2,1H3,(H,16,19)(H,15,17,18). The minimum absolute atomic E-state index is 0.105. The fraction of sp³-hybridized carbons (Fsp3) is 0.214. The Labute approximate surface area is 117 Å². The van der Waals surface area contributed by atoms with E-state index in [0.717, 1.165) is 5.56 Å². The first-order valence-electron chi connectivity index (χ1n) is 6.18. The fourth-order valence-corrected chi connectivity index (χ4v) is 1.58. The molecule has 2 rings (SSSR count). The molecule has 1 heterocycles. The zero-order chi connectivity index (χ0) is 14.2. The van der Waals surface area contributed by atoms with Gasteiger partial charge in [0, 0.05) is 12.6 Å². The maximum Gasteiger partial charge on any atom is 0.239 e. The van der Waals surface area contributed by atoms with Gasteiger partial charge in [-0.3, -0.25) is 4.79 Å². The lowest BCUT2D eigenvalue weighted by atomic mass is 10.2. The quantitative estimate of drug-likeness (QED) is 0.826. The molecule has 0 fully saturated rings. The van der Waals surface area contributed by atoms with Crippen LogP contribution in [0.1, 0.15) is 5.56 Å². The summed E-state index contributed by atoms with van der Waals surface area (Å²) in [5.74, 6) is 0.894. The van der Waals surface area contributed by atoms with Crippen LogP contribution in [0.2, 0.25) is 0 Å². The number of nitrogens with zero attached hydrogens (tertiary/aromatic N) is 2. The molecule has 0 saturated heterocycles. The Kier molecular flexibility index (Phi) is 4.88. The van der Waals surface area contributed by atoms with Gasteiger partial charge in [0.05, 0.1) is 13.7 Å². The second-order valence-corrected chi connectivity index (χ2v) is 4.06. The first-order valence-corrected chi connectivity index (χ1v) is 6.18. The van der Waals surface area contributed by atoms with Crippen LogP contribution in [0, 0.1) is 0 Å². The average Bonchev–Trinajstić information content (AvgIpc) is 2.52. The van der Waals surface area contributed by atoms with Crippen LogP contribution in [0.25, 0.3) is 0 Å². The Bertz CT molecular complexity index is 560. The first-order chi connectivity index (χ1) is 9.78. The van der Waals surface area contributed by atoms with Gasteiger partial charge in [0.15, 0.2) is 0 Å². The normalized spacial score (nSPS) is 9.85. The van der Waals surface area contributed by atoms with Crippen LogP contribution in [-0.4, -0.2) is 29.5 Å². The molecule has 0 spiro atoms. The molecule has 0 radical (unpaired) electrons. The Morgan fingerprint density at radius 3 is 2.80 bits per heavy atom. The highest BCUT2D eigenvalue weighted by Gasteiger charge is 2.03. The van der Waals surface area contributed by atoms with Gasteiger partial charge in [-0.1, -0.05) is 30.3 Å². The average molecular weight is 272 g/mol. The molecule has 104 valence electrons. The summed E-state index contributed by atoms with van der Waals surface area (Å²) in [7, 11) is 1.53. The van der Waals surface area contributed by atoms with Gasteiger partial charge in [-0.25, -0.2) is 9.97 Å². The highest BCUT2D eigenvalue weighted by molar-refractivity contribution is 5.80. The van der Waals surface area contributed by atoms with Gasteiger partial charge in [-0.15, -0.1) is 0 Å². The van der Waals surface area contributed by atoms with E-state index in [-0.39, 0.29) is 12.5 Å². The second-order valence-electron chi connectivity index (χ2n) is 4.06. The highest BCUT2D eigenvalue weighted by atomic mass is 16.5. The van der Waals surface area contributed by atoms with Gasteiger partial charge >= 0.3 is 0 Å². The van der Waals surface area contributed by atoms with E-state index >= 15 is 0 Å². The molecule has 1 aromatic carbocycles. The number of anilines is 1. The van der Waals surface area contributed by atoms with Gasteiger partial charge in [-0.05, 0) is 5.56 Å². The predicted molar refractivity (Wildman–Crippen MR) is 75.4 cm³/mol. The molecule has 0 unspecified atom stereocenters. The first kappa shape index (κ1) is 13.8. The molecule has 20 heavy (non-hydrogen) atoms. The van der Waals surface area contributed by atoms with Crippen molar-refractivity contribution in [1.29, 1.82) is 0 Å². The second kappa shape index (κ2) is 7.08. The highest BCUT2D eigenvalue weighted by Crippen LogP contribution is 2.09. The third-order valence-corrected chi connectivity index (χ3v) is 2.61. The number of nitrogens with one attached hydrogen (secondary N) is 2. The topological polar surface area (TPSA) is 76.1 Å². The largest absolute Gasteiger partial charge is 0.481 e. The predicted octanol–water partition coefficient (Wildman–Crippen LogP) is 1.21. The lowest BCUT2D eigenvalue weighted by Gasteiger charge is -2.07. The van der Waals surface area contributed by atoms with E-state index in [1.54, 1.807) is 6.07 Å². The lowest BCUT2D eigenvalue weighted by molar-refractivity contribution is -0.119. The number of benzene rings is 1. The van der Waals surface area contributed by atoms with E-state index in [1.807, 2.05) is 30.3 Å². The van der Waals surface area contributed by atoms with Crippen LogP contribution in [0.4, 0.5) is 5.82 Å². The third-order valence-electron chi connectivity index (χ3n) is 2.61. The van der Waals surface area contributed by atoms with Crippen LogP contribution < -0.4 is 15.4 Å². The Balaban J connectivity index is 1.77. The maximum absolute atomic E-state index is 11.7. The maximum atomic E-state index is 11.7. The van der Waals surface area contributed by atoms with Gasteiger partial charge < -0.3 is 15.4 Å². The minimum atomic E-state index is -0.105. The molecule has 1 amide bonds. The van der Waals surface area contributed by atoms with Gasteiger partial charge in [0.2, 0.25) is 11.8 Å². The van der Waals surface area contributed by atoms with Crippen LogP contribution in [0.3, 0.4) is 0 Å². The van der Waals surface area contributed by atoms with Crippen molar-refractivity contribution in [3.8, 4) is 5.88 Å². The number of carbonyl (C=O) groups is 1. The van der Waals surface area contributed by atoms with Crippen molar-refractivity contribution < 1.29 is 9.53 Å². The molecule has 0 bridgehead atoms. The monoisotopic (exact) mass is 272 g/mol. The summed E-state index contributed by atoms with van der Waals surface area (Å²) in [5, 5.41) is 5.73. The molecule has 0 aliphatic heterocycles. The lowest BCUT2D eigenvalue weighted by Crippen LogP contribution is -2.29. The smallest absolute Gasteiger partial charge is 0.239 e. The molecule has 0 atom stereocenters. The number of rotatable bonds is 6. The van der Waals surface area contributed by atoms with Gasteiger partial charge in [-0.2, -0.15) is 0 Å². The van der Waals surface area contributed by atoms with Crippen molar-refractivity contribution in [1.82, 2.24) is 15.3 Å². The van der Waals surface area contributed by atoms with Gasteiger partial charge in [0.25, 0.3) is 0 Å². The molecule has 6 nitrogen and oxygen atoms in total. The molecule has 0 aliphatic carbocycles. The summed E-state index contributed by atoms with van der Waals surface area (Å²) in [6.45, 7) is 0.654. The molecule has 6 heteroatoms. The van der Waals surface area contributed by atoms with Crippen LogP contribution in [0.5, 0.6) is 5.88 Å². The summed E-state index contributed by atoms with van der Waals surface area (Å²) in [6.07, 6.45) is 1.38. The Morgan fingerprint density at radius 2 is 2.05 bits per heavy atom. The Morgan fingerprint density at radius 1 is 1.25 bits per heavy atom. The van der Waals surface area contributed by atoms with Crippen LogP contribution in [-0.2, 0) is 11.3 Å². The molecule has 2 N–H and O–H groups in total. The summed E-state index contributed by atoms with van der Waals surface area (Å²) >= 11 is 0. The number of ether oxygens (including phenoxy) is 1. The zero-order valence-corrected chi connectivity index (χ0v) is 11.2. The van der Waals surface area contributed by atoms with Crippen molar-refractivity contribution in [2.45, 2.75) is 6.54 Å². The SMILES string of the molecule is COc1cc(NCC(=O)NCc2ccccc2)ncn1. The number of hydrogen-bond donors (Lipinski definition) is 2. The zero-order valence-electron chi connectivity index (χ0n) is 11.2. The summed E-state index contributed by atoms with van der Waals surface area (Å²) in [6, 6.07) is 11.4. The van der Waals surface area contributed by atoms with E-state index in [1.165, 1.54) is 13.4 Å². The molecular formula is C14H16N4O2. The number of carbonyl (C=O) groups excluding carboxylic acids is 1. The molecular weight excluding hydrogens is 256 g/mol. The van der Waals surface area contributed by atoms with Crippen molar-refractivity contribution in [2.75, 3.05) is 19.0 Å². The number of aromatic nitrogens is 2. The van der Waals surface area contributed by atoms with E-state index < -0.39 is 0 Å². The van der Waals surface area contributed by atoms with Crippen LogP contribution >= 0.6 is 0 Å². The minimum Gasteiger partial charge on any atom is -0.481 e. The number of methoxy groups -OCH3 is 1. The summed E-state index contributed by atoms with van der Waals surface area (Å²) in [4.78, 5) is 19.6. The fourth-order valence-electron chi connectivity index (χ4n) is 1.58. The van der Waals surface area contributed by atoms with Crippen molar-refractivity contribution >= 4 is 11.7 Å². The third kappa shape index (κ3) is 4.24. The van der Waals surface area contributed by atoms with E-state index in [9.17, 15) is 4.79 Å². The number of amides is 1. The summed E-state index contributed by atoms with van der Waals surface area (Å²) < 4.78 is 4.98. The van der Waals surface area contributed by atoms with Crippen molar-refractivity contribution in [3.63, 3.8) is 0 Å². The van der Waals surface area contributed by atoms with Gasteiger partial charge in [0.1, 0.15) is 12.1 Å².